The van der Waals surface area contributed by atoms with Crippen LogP contribution in [-0.2, 0) is 32.1 Å². The quantitative estimate of drug-likeness (QED) is 0.151. The average Bonchev–Trinajstić information content (AvgIpc) is 4.27. The number of fused-ring (bicyclic) bond motifs is 15. The average molecular weight is 973 g/mol. The van der Waals surface area contributed by atoms with Crippen molar-refractivity contribution in [2.75, 3.05) is 0 Å². The lowest BCUT2D eigenvalue weighted by atomic mass is 9.97. The Morgan fingerprint density at radius 1 is 0.267 bits per heavy atom. The first-order valence-electron chi connectivity index (χ1n) is 27.0. The molecule has 0 saturated heterocycles. The normalized spacial score (nSPS) is 12.4. The van der Waals surface area contributed by atoms with Crippen LogP contribution in [0.4, 0.5) is 0 Å². The molecule has 8 aromatic carbocycles. The molecule has 5 aliphatic rings. The Kier molecular flexibility index (Phi) is 13.4. The molecule has 0 atom stereocenters. The van der Waals surface area contributed by atoms with E-state index < -0.39 is 0 Å². The van der Waals surface area contributed by atoms with Crippen LogP contribution in [0.2, 0.25) is 0 Å². The lowest BCUT2D eigenvalue weighted by Crippen LogP contribution is -1.92. The third-order valence-corrected chi connectivity index (χ3v) is 17.0. The van der Waals surface area contributed by atoms with Gasteiger partial charge in [-0.2, -0.15) is 0 Å². The molecular formula is C73H68N2. The summed E-state index contributed by atoms with van der Waals surface area (Å²) in [7, 11) is 0. The largest absolute Gasteiger partial charge is 0.257 e. The summed E-state index contributed by atoms with van der Waals surface area (Å²) in [6.07, 6.45) is 5.36. The van der Waals surface area contributed by atoms with Crippen molar-refractivity contribution >= 4 is 0 Å². The maximum absolute atomic E-state index is 4.69. The molecule has 370 valence electrons. The molecule has 15 rings (SSSR count). The lowest BCUT2D eigenvalue weighted by molar-refractivity contribution is 1.05. The van der Waals surface area contributed by atoms with Crippen LogP contribution in [-0.4, -0.2) is 9.97 Å². The summed E-state index contributed by atoms with van der Waals surface area (Å²) >= 11 is 0. The van der Waals surface area contributed by atoms with Crippen LogP contribution in [0.1, 0.15) is 112 Å². The summed E-state index contributed by atoms with van der Waals surface area (Å²) < 4.78 is 0. The molecular weight excluding hydrogens is 905 g/mol. The molecule has 2 aromatic heterocycles. The van der Waals surface area contributed by atoms with Crippen LogP contribution in [0.3, 0.4) is 0 Å². The van der Waals surface area contributed by atoms with Crippen LogP contribution in [0, 0.1) is 69.2 Å². The molecule has 0 unspecified atom stereocenters. The molecule has 5 aliphatic carbocycles. The molecule has 2 heteroatoms. The molecule has 0 bridgehead atoms. The SMILES string of the molecule is Cc1cc2c(nc1C)-c1ccccc1C2.Cc1cc2c(nc1C)Cc1ccccc1-2.Cc1ccc2c(c1C)-c1ccccc1C2.Cc1ccc2c(c1C)Cc1ccccc1-2.Cc1ccc2c(c1C)Cc1ccccc1-2. The second-order valence-electron chi connectivity index (χ2n) is 21.6. The predicted octanol–water partition coefficient (Wildman–Crippen LogP) is 18.2. The van der Waals surface area contributed by atoms with E-state index in [0.717, 1.165) is 43.5 Å². The minimum atomic E-state index is 0.993. The lowest BCUT2D eigenvalue weighted by Gasteiger charge is -2.08. The van der Waals surface area contributed by atoms with Crippen molar-refractivity contribution in [3.63, 3.8) is 0 Å². The third-order valence-electron chi connectivity index (χ3n) is 17.0. The van der Waals surface area contributed by atoms with Crippen molar-refractivity contribution in [1.29, 1.82) is 0 Å². The van der Waals surface area contributed by atoms with Gasteiger partial charge >= 0.3 is 0 Å². The number of hydrogen-bond acceptors (Lipinski definition) is 2. The first-order valence-corrected chi connectivity index (χ1v) is 27.0. The number of aromatic nitrogens is 2. The number of aryl methyl sites for hydroxylation is 7. The van der Waals surface area contributed by atoms with Crippen molar-refractivity contribution in [2.45, 2.75) is 101 Å². The van der Waals surface area contributed by atoms with E-state index >= 15 is 0 Å². The van der Waals surface area contributed by atoms with Crippen LogP contribution in [0.5, 0.6) is 0 Å². The molecule has 0 amide bonds. The Hall–Kier alpha value is -7.94. The van der Waals surface area contributed by atoms with Gasteiger partial charge < -0.3 is 0 Å². The fourth-order valence-electron chi connectivity index (χ4n) is 12.0. The zero-order chi connectivity index (χ0) is 52.1. The standard InChI is InChI=1S/3C15H14.2C14H13N/c1-10-7-8-13-9-12-5-3-4-6-14(12)15(13)11(10)2;2*1-10-7-8-14-13-6-4-3-5-12(13)9-15(14)11(10)2;1-9-7-12-8-11-5-3-4-6-13(11)14(12)15-10(9)2;1-9-7-13-12-6-4-3-5-11(12)8-14(13)15-10(9)2/h3*3-8H,9H2,1-2H3;2*3-7H,8H2,1-2H3. The van der Waals surface area contributed by atoms with Crippen molar-refractivity contribution < 1.29 is 0 Å². The smallest absolute Gasteiger partial charge is 0.0743 e. The number of rotatable bonds is 0. The van der Waals surface area contributed by atoms with Gasteiger partial charge in [0.05, 0.1) is 11.4 Å². The molecule has 0 N–H and O–H groups in total. The third kappa shape index (κ3) is 9.37. The Bertz CT molecular complexity index is 3640. The number of benzene rings is 8. The van der Waals surface area contributed by atoms with Gasteiger partial charge in [0.2, 0.25) is 0 Å². The molecule has 0 saturated carbocycles. The molecule has 0 radical (unpaired) electrons. The van der Waals surface area contributed by atoms with Gasteiger partial charge in [-0.3, -0.25) is 9.97 Å². The van der Waals surface area contributed by atoms with Gasteiger partial charge in [0, 0.05) is 35.4 Å². The van der Waals surface area contributed by atoms with Crippen molar-refractivity contribution in [3.8, 4) is 55.8 Å². The van der Waals surface area contributed by atoms with E-state index in [9.17, 15) is 0 Å². The minimum absolute atomic E-state index is 0.993. The zero-order valence-corrected chi connectivity index (χ0v) is 45.6. The van der Waals surface area contributed by atoms with Gasteiger partial charge in [-0.05, 0) is 228 Å². The highest BCUT2D eigenvalue weighted by atomic mass is 14.7. The zero-order valence-electron chi connectivity index (χ0n) is 45.6. The maximum atomic E-state index is 4.69. The van der Waals surface area contributed by atoms with E-state index in [-0.39, 0.29) is 0 Å². The first kappa shape index (κ1) is 49.3. The Morgan fingerprint density at radius 3 is 1.23 bits per heavy atom. The minimum Gasteiger partial charge on any atom is -0.257 e. The molecule has 75 heavy (non-hydrogen) atoms. The van der Waals surface area contributed by atoms with E-state index in [4.69, 9.17) is 4.98 Å². The summed E-state index contributed by atoms with van der Waals surface area (Å²) in [5, 5.41) is 0. The topological polar surface area (TPSA) is 25.8 Å². The highest BCUT2D eigenvalue weighted by molar-refractivity contribution is 5.82. The fourth-order valence-corrected chi connectivity index (χ4v) is 12.0. The van der Waals surface area contributed by atoms with Gasteiger partial charge in [-0.25, -0.2) is 0 Å². The van der Waals surface area contributed by atoms with E-state index in [2.05, 4.69) is 244 Å². The van der Waals surface area contributed by atoms with Crippen LogP contribution >= 0.6 is 0 Å². The number of hydrogen-bond donors (Lipinski definition) is 0. The summed E-state index contributed by atoms with van der Waals surface area (Å²) in [5.74, 6) is 0. The van der Waals surface area contributed by atoms with Crippen LogP contribution in [0.15, 0.2) is 170 Å². The van der Waals surface area contributed by atoms with Crippen molar-refractivity contribution in [2.24, 2.45) is 0 Å². The number of pyridine rings is 2. The van der Waals surface area contributed by atoms with Crippen LogP contribution in [0.25, 0.3) is 55.8 Å². The predicted molar refractivity (Wildman–Crippen MR) is 316 cm³/mol. The van der Waals surface area contributed by atoms with Crippen molar-refractivity contribution in [3.05, 3.63) is 282 Å². The molecule has 2 heterocycles. The Balaban J connectivity index is 0.000000100. The summed E-state index contributed by atoms with van der Waals surface area (Å²) in [6, 6.07) is 61.4. The molecule has 10 aromatic rings. The van der Waals surface area contributed by atoms with E-state index in [1.54, 1.807) is 0 Å². The van der Waals surface area contributed by atoms with Gasteiger partial charge in [0.1, 0.15) is 0 Å². The highest BCUT2D eigenvalue weighted by Crippen LogP contribution is 2.42. The van der Waals surface area contributed by atoms with Gasteiger partial charge in [-0.15, -0.1) is 0 Å². The second-order valence-corrected chi connectivity index (χ2v) is 21.6. The number of nitrogens with zero attached hydrogens (tertiary/aromatic N) is 2. The van der Waals surface area contributed by atoms with E-state index in [0.29, 0.717) is 0 Å². The fraction of sp³-hybridized carbons (Fsp3) is 0.205. The Morgan fingerprint density at radius 2 is 0.667 bits per heavy atom. The molecule has 0 aliphatic heterocycles. The summed E-state index contributed by atoms with van der Waals surface area (Å²) in [5.41, 5.74) is 41.7. The Labute approximate surface area is 446 Å². The first-order chi connectivity index (χ1) is 36.3. The summed E-state index contributed by atoms with van der Waals surface area (Å²) in [6.45, 7) is 21.7. The van der Waals surface area contributed by atoms with Gasteiger partial charge in [0.15, 0.2) is 0 Å². The van der Waals surface area contributed by atoms with Crippen molar-refractivity contribution in [1.82, 2.24) is 9.97 Å². The van der Waals surface area contributed by atoms with Crippen LogP contribution < -0.4 is 0 Å². The second kappa shape index (κ2) is 20.4. The van der Waals surface area contributed by atoms with E-state index in [1.807, 2.05) is 0 Å². The van der Waals surface area contributed by atoms with Gasteiger partial charge in [0.25, 0.3) is 0 Å². The van der Waals surface area contributed by atoms with E-state index in [1.165, 1.54) is 156 Å². The molecule has 0 fully saturated rings. The highest BCUT2D eigenvalue weighted by Gasteiger charge is 2.24. The maximum Gasteiger partial charge on any atom is 0.0743 e. The molecule has 2 nitrogen and oxygen atoms in total. The molecule has 0 spiro atoms. The van der Waals surface area contributed by atoms with Gasteiger partial charge in [-0.1, -0.05) is 164 Å². The summed E-state index contributed by atoms with van der Waals surface area (Å²) in [4.78, 5) is 9.36. The monoisotopic (exact) mass is 973 g/mol.